The minimum atomic E-state index is -0.256. The first kappa shape index (κ1) is 16.8. The van der Waals surface area contributed by atoms with Crippen molar-refractivity contribution in [2.75, 3.05) is 32.0 Å². The van der Waals surface area contributed by atoms with Crippen LogP contribution < -0.4 is 10.3 Å². The summed E-state index contributed by atoms with van der Waals surface area (Å²) in [5.74, 6) is 0.356. The predicted octanol–water partition coefficient (Wildman–Crippen LogP) is 1.56. The Hall–Kier alpha value is -2.08. The van der Waals surface area contributed by atoms with Crippen molar-refractivity contribution in [1.29, 1.82) is 0 Å². The quantitative estimate of drug-likeness (QED) is 0.644. The van der Waals surface area contributed by atoms with Crippen molar-refractivity contribution >= 4 is 23.0 Å². The fraction of sp³-hybridized carbons (Fsp3) is 0.556. The Morgan fingerprint density at radius 3 is 2.71 bits per heavy atom. The number of rotatable bonds is 6. The number of para-hydroxylation sites is 2. The second-order valence-electron chi connectivity index (χ2n) is 6.29. The summed E-state index contributed by atoms with van der Waals surface area (Å²) in [6, 6.07) is 8.04. The second-order valence-corrected chi connectivity index (χ2v) is 6.29. The standard InChI is InChI=1S/C18H26N4O2/c1-2-24-17(23)14-22-16-9-5-4-8-15(16)21(18(22)19)13-12-20-10-6-3-7-11-20/h4-5,8-9,19H,2-3,6-7,10-14H2,1H3/p+1. The lowest BCUT2D eigenvalue weighted by molar-refractivity contribution is -0.646. The van der Waals surface area contributed by atoms with Crippen LogP contribution in [0.5, 0.6) is 0 Å². The van der Waals surface area contributed by atoms with E-state index in [1.54, 1.807) is 0 Å². The van der Waals surface area contributed by atoms with E-state index in [0.717, 1.165) is 24.1 Å². The zero-order valence-electron chi connectivity index (χ0n) is 14.4. The number of nitrogens with two attached hydrogens (primary N) is 1. The van der Waals surface area contributed by atoms with Crippen LogP contribution in [0.4, 0.5) is 5.95 Å². The van der Waals surface area contributed by atoms with Crippen LogP contribution in [0, 0.1) is 0 Å². The smallest absolute Gasteiger partial charge is 0.356 e. The second kappa shape index (κ2) is 7.66. The molecule has 1 aliphatic heterocycles. The number of hydrogen-bond donors (Lipinski definition) is 1. The monoisotopic (exact) mass is 331 g/mol. The molecule has 2 N–H and O–H groups in total. The summed E-state index contributed by atoms with van der Waals surface area (Å²) in [5.41, 5.74) is 8.42. The molecule has 24 heavy (non-hydrogen) atoms. The molecule has 1 aromatic heterocycles. The van der Waals surface area contributed by atoms with Crippen LogP contribution >= 0.6 is 0 Å². The zero-order chi connectivity index (χ0) is 16.9. The van der Waals surface area contributed by atoms with Gasteiger partial charge in [-0.1, -0.05) is 18.6 Å². The molecule has 0 radical (unpaired) electrons. The van der Waals surface area contributed by atoms with Crippen LogP contribution in [-0.4, -0.2) is 41.7 Å². The van der Waals surface area contributed by atoms with Gasteiger partial charge in [-0.2, -0.15) is 0 Å². The summed E-state index contributed by atoms with van der Waals surface area (Å²) < 4.78 is 9.05. The number of nitrogen functional groups attached to an aromatic ring is 1. The van der Waals surface area contributed by atoms with Crippen molar-refractivity contribution in [3.63, 3.8) is 0 Å². The number of aromatic nitrogens is 2. The molecule has 6 heteroatoms. The lowest BCUT2D eigenvalue weighted by atomic mass is 10.1. The Labute approximate surface area is 142 Å². The van der Waals surface area contributed by atoms with E-state index in [0.29, 0.717) is 12.6 Å². The third kappa shape index (κ3) is 3.53. The molecule has 1 fully saturated rings. The summed E-state index contributed by atoms with van der Waals surface area (Å²) in [7, 11) is 0. The summed E-state index contributed by atoms with van der Waals surface area (Å²) in [5, 5.41) is 0. The molecular weight excluding hydrogens is 304 g/mol. The van der Waals surface area contributed by atoms with Crippen molar-refractivity contribution in [2.45, 2.75) is 39.3 Å². The SMILES string of the molecule is CCOC(=O)C[n+]1c(N)n(CCN2CCCCC2)c2ccccc21. The van der Waals surface area contributed by atoms with Crippen LogP contribution in [0.2, 0.25) is 0 Å². The van der Waals surface area contributed by atoms with Crippen LogP contribution in [0.25, 0.3) is 11.0 Å². The molecule has 3 rings (SSSR count). The molecule has 6 nitrogen and oxygen atoms in total. The number of benzene rings is 1. The lowest BCUT2D eigenvalue weighted by Gasteiger charge is -2.25. The number of nitrogens with zero attached hydrogens (tertiary/aromatic N) is 3. The molecule has 2 aromatic rings. The predicted molar refractivity (Wildman–Crippen MR) is 93.5 cm³/mol. The minimum Gasteiger partial charge on any atom is -0.464 e. The summed E-state index contributed by atoms with van der Waals surface area (Å²) >= 11 is 0. The summed E-state index contributed by atoms with van der Waals surface area (Å²) in [6.07, 6.45) is 3.90. The number of imidazole rings is 1. The van der Waals surface area contributed by atoms with E-state index in [-0.39, 0.29) is 12.5 Å². The van der Waals surface area contributed by atoms with E-state index < -0.39 is 0 Å². The molecule has 0 atom stereocenters. The van der Waals surface area contributed by atoms with Gasteiger partial charge in [0.05, 0.1) is 13.2 Å². The molecule has 0 amide bonds. The molecular formula is C18H27N4O2+. The number of carbonyl (C=O) groups is 1. The minimum absolute atomic E-state index is 0.150. The van der Waals surface area contributed by atoms with E-state index in [4.69, 9.17) is 10.5 Å². The van der Waals surface area contributed by atoms with Gasteiger partial charge >= 0.3 is 11.9 Å². The molecule has 2 heterocycles. The van der Waals surface area contributed by atoms with Gasteiger partial charge in [-0.25, -0.2) is 13.9 Å². The highest BCUT2D eigenvalue weighted by atomic mass is 16.5. The van der Waals surface area contributed by atoms with Crippen molar-refractivity contribution in [3.05, 3.63) is 24.3 Å². The van der Waals surface area contributed by atoms with Crippen LogP contribution in [0.3, 0.4) is 0 Å². The van der Waals surface area contributed by atoms with Gasteiger partial charge in [0.2, 0.25) is 0 Å². The number of likely N-dealkylation sites (tertiary alicyclic amines) is 1. The highest BCUT2D eigenvalue weighted by molar-refractivity contribution is 5.75. The Morgan fingerprint density at radius 1 is 1.21 bits per heavy atom. The third-order valence-electron chi connectivity index (χ3n) is 4.70. The number of carbonyl (C=O) groups excluding carboxylic acids is 1. The van der Waals surface area contributed by atoms with Gasteiger partial charge in [-0.15, -0.1) is 0 Å². The molecule has 0 saturated carbocycles. The number of esters is 1. The van der Waals surface area contributed by atoms with E-state index in [2.05, 4.69) is 15.5 Å². The Morgan fingerprint density at radius 2 is 1.96 bits per heavy atom. The van der Waals surface area contributed by atoms with Crippen LogP contribution in [0.1, 0.15) is 26.2 Å². The molecule has 0 spiro atoms. The first-order valence-corrected chi connectivity index (χ1v) is 8.85. The largest absolute Gasteiger partial charge is 0.464 e. The molecule has 0 aliphatic carbocycles. The van der Waals surface area contributed by atoms with Gasteiger partial charge in [0, 0.05) is 6.54 Å². The van der Waals surface area contributed by atoms with Gasteiger partial charge in [0.15, 0.2) is 6.54 Å². The topological polar surface area (TPSA) is 64.4 Å². The average Bonchev–Trinajstić information content (AvgIpc) is 2.86. The molecule has 130 valence electrons. The van der Waals surface area contributed by atoms with E-state index in [9.17, 15) is 4.79 Å². The van der Waals surface area contributed by atoms with Crippen molar-refractivity contribution in [2.24, 2.45) is 0 Å². The maximum atomic E-state index is 11.9. The fourth-order valence-corrected chi connectivity index (χ4v) is 3.47. The number of fused-ring (bicyclic) bond motifs is 1. The number of anilines is 1. The van der Waals surface area contributed by atoms with E-state index in [1.807, 2.05) is 29.7 Å². The maximum Gasteiger partial charge on any atom is 0.356 e. The molecule has 1 aromatic carbocycles. The highest BCUT2D eigenvalue weighted by Crippen LogP contribution is 2.17. The molecule has 0 bridgehead atoms. The first-order chi connectivity index (χ1) is 11.7. The fourth-order valence-electron chi connectivity index (χ4n) is 3.47. The molecule has 1 saturated heterocycles. The lowest BCUT2D eigenvalue weighted by Crippen LogP contribution is -2.41. The summed E-state index contributed by atoms with van der Waals surface area (Å²) in [4.78, 5) is 14.4. The normalized spacial score (nSPS) is 15.7. The molecule has 1 aliphatic rings. The number of piperidine rings is 1. The average molecular weight is 331 g/mol. The van der Waals surface area contributed by atoms with Crippen LogP contribution in [0.15, 0.2) is 24.3 Å². The number of ether oxygens (including phenoxy) is 1. The van der Waals surface area contributed by atoms with Gasteiger partial charge < -0.3 is 9.64 Å². The van der Waals surface area contributed by atoms with Crippen molar-refractivity contribution < 1.29 is 14.1 Å². The van der Waals surface area contributed by atoms with E-state index in [1.165, 1.54) is 32.4 Å². The highest BCUT2D eigenvalue weighted by Gasteiger charge is 2.23. The third-order valence-corrected chi connectivity index (χ3v) is 4.70. The van der Waals surface area contributed by atoms with Crippen LogP contribution in [-0.2, 0) is 22.6 Å². The summed E-state index contributed by atoms with van der Waals surface area (Å²) in [6.45, 7) is 6.51. The van der Waals surface area contributed by atoms with Crippen molar-refractivity contribution in [3.8, 4) is 0 Å². The van der Waals surface area contributed by atoms with Gasteiger partial charge in [0.1, 0.15) is 11.0 Å². The Balaban J connectivity index is 1.84. The Kier molecular flexibility index (Phi) is 5.35. The van der Waals surface area contributed by atoms with Gasteiger partial charge in [-0.3, -0.25) is 5.73 Å². The number of hydrogen-bond acceptors (Lipinski definition) is 4. The van der Waals surface area contributed by atoms with Gasteiger partial charge in [-0.05, 0) is 45.0 Å². The first-order valence-electron chi connectivity index (χ1n) is 8.85. The molecule has 0 unspecified atom stereocenters. The zero-order valence-corrected chi connectivity index (χ0v) is 14.4. The van der Waals surface area contributed by atoms with E-state index >= 15 is 0 Å². The Bertz CT molecular complexity index is 704. The van der Waals surface area contributed by atoms with Gasteiger partial charge in [0.25, 0.3) is 0 Å². The maximum absolute atomic E-state index is 11.9. The van der Waals surface area contributed by atoms with Crippen molar-refractivity contribution in [1.82, 2.24) is 9.47 Å².